The molecule has 4 nitrogen and oxygen atoms in total. The Labute approximate surface area is 143 Å². The molecule has 3 heterocycles. The molecule has 0 bridgehead atoms. The molecular formula is C17H11F5N4. The third-order valence-electron chi connectivity index (χ3n) is 4.14. The zero-order valence-corrected chi connectivity index (χ0v) is 13.3. The number of para-hydroxylation sites is 1. The highest BCUT2D eigenvalue weighted by Gasteiger charge is 2.41. The lowest BCUT2D eigenvalue weighted by molar-refractivity contribution is -0.143. The summed E-state index contributed by atoms with van der Waals surface area (Å²) < 4.78 is 69.1. The number of nitrogens with zero attached hydrogens (tertiary/aromatic N) is 4. The summed E-state index contributed by atoms with van der Waals surface area (Å²) in [6.45, 7) is 1.80. The SMILES string of the molecule is Cc1cccc2cnn(-c3cccc4nc(C(F)F)c(C(F)(F)F)n34)c12. The van der Waals surface area contributed by atoms with Gasteiger partial charge in [-0.1, -0.05) is 24.3 Å². The molecule has 0 saturated carbocycles. The Kier molecular flexibility index (Phi) is 3.50. The Bertz CT molecular complexity index is 1120. The van der Waals surface area contributed by atoms with Gasteiger partial charge in [-0.15, -0.1) is 0 Å². The molecule has 4 rings (SSSR count). The number of imidazole rings is 1. The minimum absolute atomic E-state index is 0.0153. The Balaban J connectivity index is 2.14. The second kappa shape index (κ2) is 5.52. The molecule has 0 saturated heterocycles. The van der Waals surface area contributed by atoms with Gasteiger partial charge in [0.25, 0.3) is 6.43 Å². The second-order valence-electron chi connectivity index (χ2n) is 5.79. The minimum Gasteiger partial charge on any atom is -0.272 e. The molecule has 0 aliphatic carbocycles. The molecular weight excluding hydrogens is 355 g/mol. The Morgan fingerprint density at radius 2 is 1.77 bits per heavy atom. The number of fused-ring (bicyclic) bond motifs is 2. The van der Waals surface area contributed by atoms with Crippen molar-refractivity contribution >= 4 is 16.6 Å². The summed E-state index contributed by atoms with van der Waals surface area (Å²) >= 11 is 0. The summed E-state index contributed by atoms with van der Waals surface area (Å²) in [6.07, 6.45) is -6.84. The number of aromatic nitrogens is 4. The van der Waals surface area contributed by atoms with Crippen molar-refractivity contribution in [2.24, 2.45) is 0 Å². The van der Waals surface area contributed by atoms with Crippen LogP contribution >= 0.6 is 0 Å². The van der Waals surface area contributed by atoms with Gasteiger partial charge in [0.15, 0.2) is 5.69 Å². The van der Waals surface area contributed by atoms with Crippen molar-refractivity contribution < 1.29 is 22.0 Å². The van der Waals surface area contributed by atoms with Gasteiger partial charge in [-0.05, 0) is 24.6 Å². The number of halogens is 5. The number of pyridine rings is 1. The van der Waals surface area contributed by atoms with Crippen LogP contribution in [0.25, 0.3) is 22.4 Å². The zero-order chi connectivity index (χ0) is 18.6. The summed E-state index contributed by atoms with van der Waals surface area (Å²) in [5, 5.41) is 4.89. The van der Waals surface area contributed by atoms with Gasteiger partial charge in [0.2, 0.25) is 0 Å². The van der Waals surface area contributed by atoms with E-state index >= 15 is 0 Å². The smallest absolute Gasteiger partial charge is 0.272 e. The van der Waals surface area contributed by atoms with Crippen LogP contribution in [-0.2, 0) is 6.18 Å². The maximum Gasteiger partial charge on any atom is 0.433 e. The number of hydrogen-bond acceptors (Lipinski definition) is 2. The summed E-state index contributed by atoms with van der Waals surface area (Å²) in [4.78, 5) is 3.50. The molecule has 9 heteroatoms. The maximum atomic E-state index is 13.6. The van der Waals surface area contributed by atoms with Gasteiger partial charge < -0.3 is 0 Å². The lowest BCUT2D eigenvalue weighted by atomic mass is 10.2. The van der Waals surface area contributed by atoms with Gasteiger partial charge in [-0.25, -0.2) is 18.4 Å². The highest BCUT2D eigenvalue weighted by atomic mass is 19.4. The molecule has 134 valence electrons. The van der Waals surface area contributed by atoms with E-state index in [0.717, 1.165) is 10.9 Å². The molecule has 0 aliphatic heterocycles. The van der Waals surface area contributed by atoms with E-state index in [0.29, 0.717) is 9.92 Å². The van der Waals surface area contributed by atoms with Crippen LogP contribution in [0.5, 0.6) is 0 Å². The van der Waals surface area contributed by atoms with Crippen molar-refractivity contribution in [1.29, 1.82) is 0 Å². The first-order valence-electron chi connectivity index (χ1n) is 7.59. The van der Waals surface area contributed by atoms with Gasteiger partial charge in [0, 0.05) is 5.39 Å². The number of rotatable bonds is 2. The highest BCUT2D eigenvalue weighted by molar-refractivity contribution is 5.83. The monoisotopic (exact) mass is 366 g/mol. The van der Waals surface area contributed by atoms with E-state index in [1.807, 2.05) is 0 Å². The fourth-order valence-corrected chi connectivity index (χ4v) is 3.11. The lowest BCUT2D eigenvalue weighted by Gasteiger charge is -2.13. The topological polar surface area (TPSA) is 35.1 Å². The van der Waals surface area contributed by atoms with E-state index < -0.39 is 24.0 Å². The van der Waals surface area contributed by atoms with E-state index in [1.54, 1.807) is 25.1 Å². The Morgan fingerprint density at radius 1 is 1.04 bits per heavy atom. The Morgan fingerprint density at radius 3 is 2.46 bits per heavy atom. The standard InChI is InChI=1S/C17H11F5N4/c1-9-4-2-5-10-8-23-26(14(9)10)12-7-3-6-11-24-13(16(18)19)15(25(11)12)17(20,21)22/h2-8,16H,1H3. The van der Waals surface area contributed by atoms with Crippen LogP contribution in [0.4, 0.5) is 22.0 Å². The molecule has 0 aliphatic rings. The number of hydrogen-bond donors (Lipinski definition) is 0. The molecule has 0 radical (unpaired) electrons. The summed E-state index contributed by atoms with van der Waals surface area (Å²) in [5.74, 6) is -0.0153. The zero-order valence-electron chi connectivity index (χ0n) is 13.3. The van der Waals surface area contributed by atoms with Crippen LogP contribution in [-0.4, -0.2) is 19.2 Å². The van der Waals surface area contributed by atoms with Crippen LogP contribution in [0.2, 0.25) is 0 Å². The van der Waals surface area contributed by atoms with Gasteiger partial charge in [-0.2, -0.15) is 18.3 Å². The molecule has 0 unspecified atom stereocenters. The van der Waals surface area contributed by atoms with Crippen LogP contribution in [0.1, 0.15) is 23.4 Å². The van der Waals surface area contributed by atoms with Crippen LogP contribution < -0.4 is 0 Å². The minimum atomic E-state index is -5.00. The normalized spacial score (nSPS) is 12.6. The van der Waals surface area contributed by atoms with Crippen molar-refractivity contribution in [3.63, 3.8) is 0 Å². The van der Waals surface area contributed by atoms with Crippen molar-refractivity contribution in [3.8, 4) is 5.82 Å². The number of benzene rings is 1. The van der Waals surface area contributed by atoms with Crippen LogP contribution in [0.3, 0.4) is 0 Å². The van der Waals surface area contributed by atoms with Crippen molar-refractivity contribution in [1.82, 2.24) is 19.2 Å². The fraction of sp³-hybridized carbons (Fsp3) is 0.176. The molecule has 26 heavy (non-hydrogen) atoms. The predicted molar refractivity (Wildman–Crippen MR) is 84.5 cm³/mol. The van der Waals surface area contributed by atoms with E-state index in [2.05, 4.69) is 10.1 Å². The second-order valence-corrected chi connectivity index (χ2v) is 5.79. The van der Waals surface area contributed by atoms with E-state index in [4.69, 9.17) is 0 Å². The molecule has 4 aromatic rings. The molecule has 0 atom stereocenters. The predicted octanol–water partition coefficient (Wildman–Crippen LogP) is 4.94. The van der Waals surface area contributed by atoms with Crippen LogP contribution in [0, 0.1) is 6.92 Å². The average Bonchev–Trinajstić information content (AvgIpc) is 3.16. The van der Waals surface area contributed by atoms with E-state index in [1.165, 1.54) is 29.1 Å². The highest BCUT2D eigenvalue weighted by Crippen LogP contribution is 2.38. The van der Waals surface area contributed by atoms with Gasteiger partial charge >= 0.3 is 6.18 Å². The van der Waals surface area contributed by atoms with Crippen molar-refractivity contribution in [2.75, 3.05) is 0 Å². The van der Waals surface area contributed by atoms with Crippen LogP contribution in [0.15, 0.2) is 42.6 Å². The third kappa shape index (κ3) is 2.34. The van der Waals surface area contributed by atoms with Crippen molar-refractivity contribution in [2.45, 2.75) is 19.5 Å². The van der Waals surface area contributed by atoms with Crippen molar-refractivity contribution in [3.05, 3.63) is 59.5 Å². The number of aryl methyl sites for hydroxylation is 1. The first-order valence-corrected chi connectivity index (χ1v) is 7.59. The molecule has 0 fully saturated rings. The molecule has 0 amide bonds. The number of alkyl halides is 5. The van der Waals surface area contributed by atoms with E-state index in [9.17, 15) is 22.0 Å². The first-order chi connectivity index (χ1) is 12.3. The lowest BCUT2D eigenvalue weighted by Crippen LogP contribution is -2.15. The van der Waals surface area contributed by atoms with Gasteiger partial charge in [-0.3, -0.25) is 4.40 Å². The molecule has 1 aromatic carbocycles. The van der Waals surface area contributed by atoms with E-state index in [-0.39, 0.29) is 11.5 Å². The quantitative estimate of drug-likeness (QED) is 0.471. The molecule has 0 spiro atoms. The summed E-state index contributed by atoms with van der Waals surface area (Å²) in [5.41, 5.74) is -1.61. The third-order valence-corrected chi connectivity index (χ3v) is 4.14. The summed E-state index contributed by atoms with van der Waals surface area (Å²) in [6, 6.07) is 9.47. The largest absolute Gasteiger partial charge is 0.433 e. The average molecular weight is 366 g/mol. The Hall–Kier alpha value is -2.97. The fourth-order valence-electron chi connectivity index (χ4n) is 3.11. The van der Waals surface area contributed by atoms with Gasteiger partial charge in [0.05, 0.1) is 11.7 Å². The first kappa shape index (κ1) is 16.5. The maximum absolute atomic E-state index is 13.6. The molecule has 0 N–H and O–H groups in total. The molecule has 3 aromatic heterocycles. The van der Waals surface area contributed by atoms with Gasteiger partial charge in [0.1, 0.15) is 17.2 Å². The summed E-state index contributed by atoms with van der Waals surface area (Å²) in [7, 11) is 0.